The number of benzene rings is 3. The predicted octanol–water partition coefficient (Wildman–Crippen LogP) is 4.31. The molecule has 8 heteroatoms. The number of hydrogen-bond acceptors (Lipinski definition) is 6. The first-order chi connectivity index (χ1) is 16.2. The van der Waals surface area contributed by atoms with E-state index >= 15 is 0 Å². The molecule has 7 nitrogen and oxygen atoms in total. The lowest BCUT2D eigenvalue weighted by molar-refractivity contribution is 0.106. The van der Waals surface area contributed by atoms with Crippen molar-refractivity contribution < 1.29 is 24.4 Å². The molecular formula is C26H33BrN2O5. The van der Waals surface area contributed by atoms with Crippen molar-refractivity contribution in [3.63, 3.8) is 0 Å². The SMILES string of the molecule is Br.CCO.COc1ccccc1OCCNCC(O)COc1cccc2[nH]c3ccccc3c12. The first kappa shape index (κ1) is 27.5. The van der Waals surface area contributed by atoms with E-state index in [1.165, 1.54) is 0 Å². The minimum atomic E-state index is -0.628. The molecule has 3 aromatic carbocycles. The number of aliphatic hydroxyl groups is 2. The number of aromatic nitrogens is 1. The molecule has 0 amide bonds. The zero-order valence-corrected chi connectivity index (χ0v) is 21.2. The Morgan fingerprint density at radius 1 is 0.882 bits per heavy atom. The molecule has 1 atom stereocenters. The van der Waals surface area contributed by atoms with Crippen molar-refractivity contribution in [1.82, 2.24) is 10.3 Å². The van der Waals surface area contributed by atoms with E-state index < -0.39 is 6.10 Å². The van der Waals surface area contributed by atoms with Crippen LogP contribution < -0.4 is 19.5 Å². The van der Waals surface area contributed by atoms with Crippen molar-refractivity contribution in [2.24, 2.45) is 0 Å². The van der Waals surface area contributed by atoms with Crippen molar-refractivity contribution in [1.29, 1.82) is 0 Å². The number of para-hydroxylation sites is 3. The molecule has 0 saturated carbocycles. The highest BCUT2D eigenvalue weighted by molar-refractivity contribution is 8.93. The first-order valence-corrected chi connectivity index (χ1v) is 11.1. The average molecular weight is 533 g/mol. The Morgan fingerprint density at radius 2 is 1.53 bits per heavy atom. The van der Waals surface area contributed by atoms with Crippen LogP contribution in [0.2, 0.25) is 0 Å². The molecule has 4 rings (SSSR count). The number of aromatic amines is 1. The van der Waals surface area contributed by atoms with Crippen LogP contribution in [-0.2, 0) is 0 Å². The van der Waals surface area contributed by atoms with Crippen molar-refractivity contribution in [2.45, 2.75) is 13.0 Å². The molecule has 1 unspecified atom stereocenters. The number of H-pyrrole nitrogens is 1. The van der Waals surface area contributed by atoms with Crippen LogP contribution in [0.4, 0.5) is 0 Å². The number of hydrogen-bond donors (Lipinski definition) is 4. The fourth-order valence-corrected chi connectivity index (χ4v) is 3.47. The predicted molar refractivity (Wildman–Crippen MR) is 142 cm³/mol. The van der Waals surface area contributed by atoms with E-state index in [0.717, 1.165) is 27.6 Å². The van der Waals surface area contributed by atoms with Crippen LogP contribution in [0, 0.1) is 0 Å². The van der Waals surface area contributed by atoms with E-state index in [4.69, 9.17) is 19.3 Å². The lowest BCUT2D eigenvalue weighted by Crippen LogP contribution is -2.33. The summed E-state index contributed by atoms with van der Waals surface area (Å²) >= 11 is 0. The van der Waals surface area contributed by atoms with Gasteiger partial charge >= 0.3 is 0 Å². The Labute approximate surface area is 210 Å². The molecule has 0 aliphatic rings. The van der Waals surface area contributed by atoms with Gasteiger partial charge in [0.1, 0.15) is 25.1 Å². The maximum Gasteiger partial charge on any atom is 0.161 e. The van der Waals surface area contributed by atoms with E-state index in [1.54, 1.807) is 14.0 Å². The van der Waals surface area contributed by atoms with Crippen LogP contribution in [0.15, 0.2) is 66.7 Å². The van der Waals surface area contributed by atoms with E-state index in [9.17, 15) is 5.11 Å². The summed E-state index contributed by atoms with van der Waals surface area (Å²) in [5.74, 6) is 2.18. The highest BCUT2D eigenvalue weighted by Crippen LogP contribution is 2.33. The van der Waals surface area contributed by atoms with Crippen molar-refractivity contribution in [2.75, 3.05) is 40.0 Å². The van der Waals surface area contributed by atoms with E-state index in [1.807, 2.05) is 60.7 Å². The summed E-state index contributed by atoms with van der Waals surface area (Å²) in [4.78, 5) is 3.40. The topological polar surface area (TPSA) is 96.0 Å². The number of methoxy groups -OCH3 is 1. The molecule has 1 aromatic heterocycles. The summed E-state index contributed by atoms with van der Waals surface area (Å²) < 4.78 is 16.9. The van der Waals surface area contributed by atoms with Gasteiger partial charge in [-0.25, -0.2) is 0 Å². The third-order valence-electron chi connectivity index (χ3n) is 4.91. The van der Waals surface area contributed by atoms with Gasteiger partial charge in [-0.15, -0.1) is 17.0 Å². The van der Waals surface area contributed by atoms with Gasteiger partial charge in [0.2, 0.25) is 0 Å². The highest BCUT2D eigenvalue weighted by atomic mass is 79.9. The number of halogens is 1. The van der Waals surface area contributed by atoms with Crippen LogP contribution in [-0.4, -0.2) is 61.3 Å². The third kappa shape index (κ3) is 7.36. The van der Waals surface area contributed by atoms with Gasteiger partial charge in [0.15, 0.2) is 11.5 Å². The molecule has 0 aliphatic heterocycles. The zero-order chi connectivity index (χ0) is 23.5. The van der Waals surface area contributed by atoms with Crippen LogP contribution in [0.1, 0.15) is 6.92 Å². The largest absolute Gasteiger partial charge is 0.493 e. The monoisotopic (exact) mass is 532 g/mol. The number of rotatable bonds is 10. The Hall–Kier alpha value is -2.78. The van der Waals surface area contributed by atoms with Crippen LogP contribution in [0.25, 0.3) is 21.8 Å². The minimum absolute atomic E-state index is 0. The Morgan fingerprint density at radius 3 is 2.29 bits per heavy atom. The molecule has 0 spiro atoms. The molecule has 4 N–H and O–H groups in total. The highest BCUT2D eigenvalue weighted by Gasteiger charge is 2.11. The van der Waals surface area contributed by atoms with Gasteiger partial charge in [-0.1, -0.05) is 36.4 Å². The molecule has 0 bridgehead atoms. The lowest BCUT2D eigenvalue weighted by Gasteiger charge is -2.15. The molecule has 0 saturated heterocycles. The van der Waals surface area contributed by atoms with Crippen LogP contribution in [0.5, 0.6) is 17.2 Å². The third-order valence-corrected chi connectivity index (χ3v) is 4.91. The second-order valence-electron chi connectivity index (χ2n) is 7.33. The fourth-order valence-electron chi connectivity index (χ4n) is 3.47. The van der Waals surface area contributed by atoms with Crippen molar-refractivity contribution >= 4 is 38.8 Å². The average Bonchev–Trinajstić information content (AvgIpc) is 3.22. The molecule has 4 aromatic rings. The molecule has 0 radical (unpaired) electrons. The van der Waals surface area contributed by atoms with Crippen molar-refractivity contribution in [3.05, 3.63) is 66.7 Å². The molecular weight excluding hydrogens is 500 g/mol. The summed E-state index contributed by atoms with van der Waals surface area (Å²) in [6.45, 7) is 3.63. The van der Waals surface area contributed by atoms with Gasteiger partial charge in [-0.2, -0.15) is 0 Å². The second kappa shape index (κ2) is 14.5. The zero-order valence-electron chi connectivity index (χ0n) is 19.5. The lowest BCUT2D eigenvalue weighted by atomic mass is 10.1. The van der Waals surface area contributed by atoms with Crippen LogP contribution >= 0.6 is 17.0 Å². The van der Waals surface area contributed by atoms with Gasteiger partial charge in [0, 0.05) is 36.0 Å². The summed E-state index contributed by atoms with van der Waals surface area (Å²) in [7, 11) is 1.62. The van der Waals surface area contributed by atoms with Gasteiger partial charge in [-0.05, 0) is 37.3 Å². The van der Waals surface area contributed by atoms with Crippen LogP contribution in [0.3, 0.4) is 0 Å². The number of fused-ring (bicyclic) bond motifs is 3. The Balaban J connectivity index is 0.000000970. The maximum absolute atomic E-state index is 10.3. The Bertz CT molecular complexity index is 1130. The smallest absolute Gasteiger partial charge is 0.161 e. The van der Waals surface area contributed by atoms with E-state index in [-0.39, 0.29) is 30.2 Å². The van der Waals surface area contributed by atoms with Gasteiger partial charge < -0.3 is 34.7 Å². The minimum Gasteiger partial charge on any atom is -0.493 e. The number of nitrogens with one attached hydrogen (secondary N) is 2. The van der Waals surface area contributed by atoms with Gasteiger partial charge in [0.05, 0.1) is 12.6 Å². The summed E-state index contributed by atoms with van der Waals surface area (Å²) in [6.07, 6.45) is -0.628. The second-order valence-corrected chi connectivity index (χ2v) is 7.33. The molecule has 1 heterocycles. The number of aliphatic hydroxyl groups excluding tert-OH is 2. The van der Waals surface area contributed by atoms with E-state index in [2.05, 4.69) is 16.4 Å². The summed E-state index contributed by atoms with van der Waals surface area (Å²) in [5, 5.41) is 23.2. The fraction of sp³-hybridized carbons (Fsp3) is 0.308. The molecule has 0 fully saturated rings. The molecule has 0 aliphatic carbocycles. The van der Waals surface area contributed by atoms with Gasteiger partial charge in [-0.3, -0.25) is 0 Å². The maximum atomic E-state index is 10.3. The van der Waals surface area contributed by atoms with Gasteiger partial charge in [0.25, 0.3) is 0 Å². The number of ether oxygens (including phenoxy) is 3. The first-order valence-electron chi connectivity index (χ1n) is 11.1. The standard InChI is InChI=1S/C24H26N2O4.C2H6O.BrH/c1-28-21-10-4-5-11-22(21)29-14-13-25-15-17(27)16-30-23-12-6-9-20-24(23)18-7-2-3-8-19(18)26-20;1-2-3;/h2-12,17,25-27H,13-16H2,1H3;3H,2H2,1H3;1H. The van der Waals surface area contributed by atoms with Crippen molar-refractivity contribution in [3.8, 4) is 17.2 Å². The molecule has 34 heavy (non-hydrogen) atoms. The summed E-state index contributed by atoms with van der Waals surface area (Å²) in [5.41, 5.74) is 2.09. The summed E-state index contributed by atoms with van der Waals surface area (Å²) in [6, 6.07) is 21.6. The normalized spacial score (nSPS) is 11.3. The quantitative estimate of drug-likeness (QED) is 0.227. The molecule has 184 valence electrons. The Kier molecular flexibility index (Phi) is 11.7. The van der Waals surface area contributed by atoms with E-state index in [0.29, 0.717) is 31.2 Å².